The van der Waals surface area contributed by atoms with Gasteiger partial charge in [0, 0.05) is 5.92 Å². The number of carbonyl (C=O) groups excluding carboxylic acids is 1. The summed E-state index contributed by atoms with van der Waals surface area (Å²) in [5, 5.41) is 18.0. The highest BCUT2D eigenvalue weighted by molar-refractivity contribution is 7.80. The Labute approximate surface area is 80.7 Å². The van der Waals surface area contributed by atoms with Crippen LogP contribution >= 0.6 is 12.2 Å². The van der Waals surface area contributed by atoms with Gasteiger partial charge >= 0.3 is 0 Å². The van der Waals surface area contributed by atoms with Crippen LogP contribution < -0.4 is 5.32 Å². The van der Waals surface area contributed by atoms with Crippen LogP contribution in [0.4, 0.5) is 0 Å². The topological polar surface area (TPSA) is 76.7 Å². The molecule has 0 radical (unpaired) electrons. The van der Waals surface area contributed by atoms with Crippen molar-refractivity contribution in [3.8, 4) is 6.07 Å². The van der Waals surface area contributed by atoms with Crippen molar-refractivity contribution in [2.75, 3.05) is 0 Å². The third-order valence-corrected chi connectivity index (χ3v) is 2.31. The number of carbonyl (C=O) groups is 1. The molecule has 0 unspecified atom stereocenters. The van der Waals surface area contributed by atoms with Gasteiger partial charge in [0.1, 0.15) is 10.9 Å². The minimum Gasteiger partial charge on any atom is -0.315 e. The van der Waals surface area contributed by atoms with Crippen molar-refractivity contribution in [3.05, 3.63) is 5.57 Å². The fraction of sp³-hybridized carbons (Fsp3) is 0.375. The smallest absolute Gasteiger partial charge is 0.243 e. The average Bonchev–Trinajstić information content (AvgIpc) is 2.04. The number of piperidine rings is 1. The third kappa shape index (κ3) is 1.50. The van der Waals surface area contributed by atoms with Gasteiger partial charge in [0.05, 0.1) is 11.6 Å². The van der Waals surface area contributed by atoms with Gasteiger partial charge in [0.2, 0.25) is 5.91 Å². The zero-order chi connectivity index (χ0) is 10.0. The lowest BCUT2D eigenvalue weighted by Crippen LogP contribution is -2.45. The monoisotopic (exact) mass is 193 g/mol. The van der Waals surface area contributed by atoms with Gasteiger partial charge in [-0.25, -0.2) is 0 Å². The number of rotatable bonds is 0. The van der Waals surface area contributed by atoms with Crippen LogP contribution in [0.2, 0.25) is 0 Å². The molecule has 4 nitrogen and oxygen atoms in total. The molecule has 1 aliphatic rings. The van der Waals surface area contributed by atoms with Crippen molar-refractivity contribution in [2.24, 2.45) is 11.8 Å². The van der Waals surface area contributed by atoms with Crippen molar-refractivity contribution in [1.82, 2.24) is 5.32 Å². The molecule has 0 spiro atoms. The highest BCUT2D eigenvalue weighted by atomic mass is 32.1. The Bertz CT molecular complexity index is 362. The van der Waals surface area contributed by atoms with Gasteiger partial charge in [-0.1, -0.05) is 19.1 Å². The molecule has 2 atom stereocenters. The molecule has 1 fully saturated rings. The van der Waals surface area contributed by atoms with E-state index < -0.39 is 5.92 Å². The predicted molar refractivity (Wildman–Crippen MR) is 50.2 cm³/mol. The zero-order valence-electron chi connectivity index (χ0n) is 6.92. The quantitative estimate of drug-likeness (QED) is 0.332. The molecule has 0 aromatic carbocycles. The minimum atomic E-state index is -0.764. The van der Waals surface area contributed by atoms with Crippen LogP contribution in [0.25, 0.3) is 0 Å². The Morgan fingerprint density at radius 1 is 1.69 bits per heavy atom. The molecule has 0 aliphatic carbocycles. The van der Waals surface area contributed by atoms with Crippen LogP contribution in [-0.4, -0.2) is 16.8 Å². The Morgan fingerprint density at radius 2 is 2.31 bits per heavy atom. The SMILES string of the molecule is C[C@H]1C(=C=N)C(=S)NC(=O)[C@H]1C#N. The summed E-state index contributed by atoms with van der Waals surface area (Å²) >= 11 is 4.82. The number of nitriles is 1. The van der Waals surface area contributed by atoms with E-state index in [0.717, 1.165) is 0 Å². The van der Waals surface area contributed by atoms with Crippen LogP contribution in [0.15, 0.2) is 5.57 Å². The van der Waals surface area contributed by atoms with Crippen molar-refractivity contribution in [2.45, 2.75) is 6.92 Å². The molecule has 5 heteroatoms. The molecule has 0 aromatic rings. The molecule has 1 rings (SSSR count). The summed E-state index contributed by atoms with van der Waals surface area (Å²) in [6, 6.07) is 1.87. The summed E-state index contributed by atoms with van der Waals surface area (Å²) in [6.45, 7) is 1.69. The lowest BCUT2D eigenvalue weighted by molar-refractivity contribution is -0.123. The van der Waals surface area contributed by atoms with E-state index in [-0.39, 0.29) is 16.8 Å². The summed E-state index contributed by atoms with van der Waals surface area (Å²) in [4.78, 5) is 11.4. The summed E-state index contributed by atoms with van der Waals surface area (Å²) in [7, 11) is 0. The maximum atomic E-state index is 11.2. The second-order valence-electron chi connectivity index (χ2n) is 2.75. The molecule has 1 amide bonds. The second-order valence-corrected chi connectivity index (χ2v) is 3.16. The van der Waals surface area contributed by atoms with Gasteiger partial charge in [-0.2, -0.15) is 5.26 Å². The molecule has 0 aromatic heterocycles. The maximum absolute atomic E-state index is 11.2. The molecular weight excluding hydrogens is 186 g/mol. The zero-order valence-corrected chi connectivity index (χ0v) is 7.73. The summed E-state index contributed by atoms with van der Waals surface area (Å²) in [6.07, 6.45) is 0. The van der Waals surface area contributed by atoms with Crippen LogP contribution in [-0.2, 0) is 4.79 Å². The van der Waals surface area contributed by atoms with Crippen molar-refractivity contribution in [1.29, 1.82) is 10.7 Å². The highest BCUT2D eigenvalue weighted by Crippen LogP contribution is 2.23. The van der Waals surface area contributed by atoms with E-state index >= 15 is 0 Å². The number of hydrogen-bond donors (Lipinski definition) is 2. The Kier molecular flexibility index (Phi) is 2.57. The third-order valence-electron chi connectivity index (χ3n) is 1.99. The lowest BCUT2D eigenvalue weighted by atomic mass is 9.85. The standard InChI is InChI=1S/C8H7N3OS/c1-4-5(2-9)7(12)11-8(13)6(4)3-10/h4-5,10H,1H3,(H,11,12,13)/t4-,5+/m1/s1. The second kappa shape index (κ2) is 3.48. The van der Waals surface area contributed by atoms with Gasteiger partial charge in [0.25, 0.3) is 0 Å². The van der Waals surface area contributed by atoms with E-state index in [4.69, 9.17) is 22.9 Å². The van der Waals surface area contributed by atoms with Gasteiger partial charge < -0.3 is 5.32 Å². The van der Waals surface area contributed by atoms with E-state index in [9.17, 15) is 4.79 Å². The predicted octanol–water partition coefficient (Wildman–Crippen LogP) is 0.394. The van der Waals surface area contributed by atoms with Crippen molar-refractivity contribution in [3.63, 3.8) is 0 Å². The fourth-order valence-electron chi connectivity index (χ4n) is 1.20. The van der Waals surface area contributed by atoms with Crippen LogP contribution in [0.3, 0.4) is 0 Å². The average molecular weight is 193 g/mol. The molecule has 1 heterocycles. The van der Waals surface area contributed by atoms with E-state index in [0.29, 0.717) is 5.57 Å². The number of thiocarbonyl (C=S) groups is 1. The van der Waals surface area contributed by atoms with Crippen LogP contribution in [0.5, 0.6) is 0 Å². The first-order chi connectivity index (χ1) is 6.11. The van der Waals surface area contributed by atoms with Crippen molar-refractivity contribution >= 4 is 29.0 Å². The molecule has 13 heavy (non-hydrogen) atoms. The van der Waals surface area contributed by atoms with E-state index in [1.165, 1.54) is 0 Å². The molecule has 66 valence electrons. The summed E-state index contributed by atoms with van der Waals surface area (Å²) < 4.78 is 0. The van der Waals surface area contributed by atoms with Gasteiger partial charge in [-0.15, -0.1) is 0 Å². The minimum absolute atomic E-state index is 0.207. The molecule has 0 bridgehead atoms. The number of hydrogen-bond acceptors (Lipinski definition) is 4. The van der Waals surface area contributed by atoms with Gasteiger partial charge in [-0.05, 0) is 5.87 Å². The summed E-state index contributed by atoms with van der Waals surface area (Å²) in [5.74, 6) is 0.650. The Balaban J connectivity index is 3.10. The lowest BCUT2D eigenvalue weighted by Gasteiger charge is -2.24. The first kappa shape index (κ1) is 9.59. The first-order valence-electron chi connectivity index (χ1n) is 3.66. The Morgan fingerprint density at radius 3 is 2.77 bits per heavy atom. The molecule has 1 aliphatic heterocycles. The number of nitrogens with zero attached hydrogens (tertiary/aromatic N) is 1. The summed E-state index contributed by atoms with van der Waals surface area (Å²) in [5.41, 5.74) is 0.418. The van der Waals surface area contributed by atoms with Gasteiger partial charge in [-0.3, -0.25) is 10.2 Å². The van der Waals surface area contributed by atoms with Crippen molar-refractivity contribution < 1.29 is 4.79 Å². The van der Waals surface area contributed by atoms with Crippen LogP contribution in [0, 0.1) is 28.6 Å². The molecular formula is C8H7N3OS. The normalized spacial score (nSPS) is 27.5. The Hall–Kier alpha value is -1.50. The van der Waals surface area contributed by atoms with E-state index in [1.54, 1.807) is 6.92 Å². The van der Waals surface area contributed by atoms with Crippen LogP contribution in [0.1, 0.15) is 6.92 Å². The fourth-order valence-corrected chi connectivity index (χ4v) is 1.54. The number of amides is 1. The molecule has 1 saturated heterocycles. The molecule has 0 saturated carbocycles. The first-order valence-corrected chi connectivity index (χ1v) is 4.07. The molecule has 2 N–H and O–H groups in total. The largest absolute Gasteiger partial charge is 0.315 e. The maximum Gasteiger partial charge on any atom is 0.243 e. The number of nitrogens with one attached hydrogen (secondary N) is 2. The van der Waals surface area contributed by atoms with E-state index in [2.05, 4.69) is 11.2 Å². The van der Waals surface area contributed by atoms with Gasteiger partial charge in [0.15, 0.2) is 0 Å². The van der Waals surface area contributed by atoms with E-state index in [1.807, 2.05) is 6.07 Å². The highest BCUT2D eigenvalue weighted by Gasteiger charge is 2.35.